The van der Waals surface area contributed by atoms with E-state index in [4.69, 9.17) is 0 Å². The summed E-state index contributed by atoms with van der Waals surface area (Å²) in [4.78, 5) is 30.1. The summed E-state index contributed by atoms with van der Waals surface area (Å²) in [5.41, 5.74) is 6.91. The Bertz CT molecular complexity index is 1130. The van der Waals surface area contributed by atoms with Gasteiger partial charge in [0, 0.05) is 12.2 Å². The van der Waals surface area contributed by atoms with Crippen LogP contribution in [0.1, 0.15) is 17.8 Å². The number of hydrazine groups is 1. The van der Waals surface area contributed by atoms with Crippen molar-refractivity contribution in [3.63, 3.8) is 0 Å². The molecular weight excluding hydrogens is 411 g/mol. The third kappa shape index (κ3) is 4.47. The minimum absolute atomic E-state index is 0.0269. The van der Waals surface area contributed by atoms with E-state index in [2.05, 4.69) is 15.8 Å². The van der Waals surface area contributed by atoms with Crippen molar-refractivity contribution < 1.29 is 22.8 Å². The van der Waals surface area contributed by atoms with Crippen LogP contribution >= 0.6 is 0 Å². The zero-order chi connectivity index (χ0) is 22.0. The Morgan fingerprint density at radius 1 is 0.968 bits per heavy atom. The number of aromatic nitrogens is 2. The minimum atomic E-state index is -4.72. The molecular formula is C21H20F3N5O2. The van der Waals surface area contributed by atoms with Crippen molar-refractivity contribution in [2.45, 2.75) is 25.6 Å². The van der Waals surface area contributed by atoms with Gasteiger partial charge in [-0.05, 0) is 36.6 Å². The Kier molecular flexibility index (Phi) is 5.53. The van der Waals surface area contributed by atoms with E-state index in [9.17, 15) is 22.8 Å². The smallest absolute Gasteiger partial charge is 0.362 e. The molecule has 1 aromatic heterocycles. The zero-order valence-corrected chi connectivity index (χ0v) is 16.4. The van der Waals surface area contributed by atoms with Crippen LogP contribution in [0.25, 0.3) is 11.0 Å². The second kappa shape index (κ2) is 8.29. The molecule has 2 heterocycles. The molecule has 4 rings (SSSR count). The highest BCUT2D eigenvalue weighted by molar-refractivity contribution is 5.86. The number of hydrogen-bond donors (Lipinski definition) is 2. The number of benzene rings is 2. The highest BCUT2D eigenvalue weighted by Crippen LogP contribution is 2.31. The van der Waals surface area contributed by atoms with Crippen LogP contribution in [0.3, 0.4) is 0 Å². The van der Waals surface area contributed by atoms with Gasteiger partial charge >= 0.3 is 6.18 Å². The zero-order valence-electron chi connectivity index (χ0n) is 16.4. The summed E-state index contributed by atoms with van der Waals surface area (Å²) in [6.45, 7) is 0.0929. The summed E-state index contributed by atoms with van der Waals surface area (Å²) in [6, 6.07) is 13.8. The van der Waals surface area contributed by atoms with Crippen molar-refractivity contribution in [3.05, 3.63) is 59.9 Å². The number of fused-ring (bicyclic) bond motifs is 2. The molecule has 0 radical (unpaired) electrons. The van der Waals surface area contributed by atoms with E-state index in [1.54, 1.807) is 12.1 Å². The van der Waals surface area contributed by atoms with Crippen molar-refractivity contribution in [3.8, 4) is 0 Å². The molecule has 162 valence electrons. The highest BCUT2D eigenvalue weighted by Gasteiger charge is 2.38. The first-order chi connectivity index (χ1) is 14.8. The van der Waals surface area contributed by atoms with E-state index in [0.717, 1.165) is 28.7 Å². The molecule has 10 heteroatoms. The number of carbonyl (C=O) groups is 2. The number of nitrogens with one attached hydrogen (secondary N) is 2. The standard InChI is InChI=1S/C21H20F3N5O2/c22-21(23,24)20-25-15-8-2-4-10-17(15)29(20)13-19(31)27-26-18(30)12-28-11-5-7-14-6-1-3-9-16(14)28/h1-4,6,8-10H,5,7,11-13H2,(H,26,30)(H,27,31). The van der Waals surface area contributed by atoms with Crippen molar-refractivity contribution in [1.29, 1.82) is 0 Å². The monoisotopic (exact) mass is 431 g/mol. The van der Waals surface area contributed by atoms with Crippen LogP contribution in [0.4, 0.5) is 18.9 Å². The maximum Gasteiger partial charge on any atom is 0.449 e. The molecule has 2 amide bonds. The molecule has 0 spiro atoms. The van der Waals surface area contributed by atoms with E-state index in [-0.39, 0.29) is 17.6 Å². The molecule has 7 nitrogen and oxygen atoms in total. The Morgan fingerprint density at radius 2 is 1.65 bits per heavy atom. The van der Waals surface area contributed by atoms with Crippen molar-refractivity contribution in [2.24, 2.45) is 0 Å². The molecule has 1 aliphatic rings. The second-order valence-electron chi connectivity index (χ2n) is 7.26. The lowest BCUT2D eigenvalue weighted by Crippen LogP contribution is -2.48. The maximum atomic E-state index is 13.3. The first-order valence-corrected chi connectivity index (χ1v) is 9.76. The number of alkyl halides is 3. The molecule has 0 saturated heterocycles. The number of imidazole rings is 1. The number of anilines is 1. The molecule has 31 heavy (non-hydrogen) atoms. The van der Waals surface area contributed by atoms with Crippen LogP contribution in [0, 0.1) is 0 Å². The first kappa shape index (κ1) is 20.7. The number of amides is 2. The van der Waals surface area contributed by atoms with Gasteiger partial charge in [-0.3, -0.25) is 20.4 Å². The summed E-state index contributed by atoms with van der Waals surface area (Å²) >= 11 is 0. The third-order valence-electron chi connectivity index (χ3n) is 5.09. The minimum Gasteiger partial charge on any atom is -0.362 e. The van der Waals surface area contributed by atoms with Crippen molar-refractivity contribution in [1.82, 2.24) is 20.4 Å². The van der Waals surface area contributed by atoms with Crippen LogP contribution in [0.5, 0.6) is 0 Å². The van der Waals surface area contributed by atoms with Gasteiger partial charge in [-0.25, -0.2) is 4.98 Å². The normalized spacial score (nSPS) is 13.7. The molecule has 0 fully saturated rings. The SMILES string of the molecule is O=C(CN1CCCc2ccccc21)NNC(=O)Cn1c(C(F)(F)F)nc2ccccc21. The average Bonchev–Trinajstić information content (AvgIpc) is 3.12. The lowest BCUT2D eigenvalue weighted by Gasteiger charge is -2.30. The molecule has 0 saturated carbocycles. The lowest BCUT2D eigenvalue weighted by molar-refractivity contribution is -0.147. The maximum absolute atomic E-state index is 13.3. The number of rotatable bonds is 4. The Hall–Kier alpha value is -3.56. The number of nitrogens with zero attached hydrogens (tertiary/aromatic N) is 3. The summed E-state index contributed by atoms with van der Waals surface area (Å²) in [5.74, 6) is -2.42. The predicted octanol–water partition coefficient (Wildman–Crippen LogP) is 2.66. The Balaban J connectivity index is 1.40. The van der Waals surface area contributed by atoms with E-state index in [1.807, 2.05) is 29.2 Å². The van der Waals surface area contributed by atoms with Gasteiger partial charge in [0.05, 0.1) is 17.6 Å². The Labute approximate surface area is 175 Å². The van der Waals surface area contributed by atoms with E-state index in [1.165, 1.54) is 12.1 Å². The number of hydrogen-bond acceptors (Lipinski definition) is 4. The molecule has 1 aliphatic heterocycles. The molecule has 0 aliphatic carbocycles. The summed E-state index contributed by atoms with van der Waals surface area (Å²) in [6.07, 6.45) is -2.87. The molecule has 0 atom stereocenters. The number of carbonyl (C=O) groups excluding carboxylic acids is 2. The van der Waals surface area contributed by atoms with Gasteiger partial charge in [-0.1, -0.05) is 30.3 Å². The van der Waals surface area contributed by atoms with Gasteiger partial charge in [0.25, 0.3) is 11.8 Å². The second-order valence-corrected chi connectivity index (χ2v) is 7.26. The van der Waals surface area contributed by atoms with Crippen molar-refractivity contribution >= 4 is 28.5 Å². The first-order valence-electron chi connectivity index (χ1n) is 9.76. The van der Waals surface area contributed by atoms with Gasteiger partial charge in [0.2, 0.25) is 5.82 Å². The van der Waals surface area contributed by atoms with Crippen LogP contribution < -0.4 is 15.8 Å². The number of halogens is 3. The van der Waals surface area contributed by atoms with Gasteiger partial charge < -0.3 is 9.47 Å². The third-order valence-corrected chi connectivity index (χ3v) is 5.09. The quantitative estimate of drug-likeness (QED) is 0.623. The molecule has 0 bridgehead atoms. The van der Waals surface area contributed by atoms with Crippen molar-refractivity contribution in [2.75, 3.05) is 18.0 Å². The van der Waals surface area contributed by atoms with E-state index >= 15 is 0 Å². The van der Waals surface area contributed by atoms with Crippen LogP contribution in [-0.4, -0.2) is 34.5 Å². The topological polar surface area (TPSA) is 79.3 Å². The number of aryl methyl sites for hydroxylation is 1. The summed E-state index contributed by atoms with van der Waals surface area (Å²) < 4.78 is 40.8. The largest absolute Gasteiger partial charge is 0.449 e. The van der Waals surface area contributed by atoms with Gasteiger partial charge in [-0.15, -0.1) is 0 Å². The number of para-hydroxylation sites is 3. The summed E-state index contributed by atoms with van der Waals surface area (Å²) in [5, 5.41) is 0. The van der Waals surface area contributed by atoms with E-state index in [0.29, 0.717) is 6.54 Å². The lowest BCUT2D eigenvalue weighted by atomic mass is 10.0. The van der Waals surface area contributed by atoms with E-state index < -0.39 is 30.4 Å². The van der Waals surface area contributed by atoms with Crippen LogP contribution in [-0.2, 0) is 28.7 Å². The van der Waals surface area contributed by atoms with Gasteiger partial charge in [0.1, 0.15) is 6.54 Å². The fraction of sp³-hybridized carbons (Fsp3) is 0.286. The molecule has 2 aromatic carbocycles. The van der Waals surface area contributed by atoms with Gasteiger partial charge in [-0.2, -0.15) is 13.2 Å². The highest BCUT2D eigenvalue weighted by atomic mass is 19.4. The molecule has 3 aromatic rings. The predicted molar refractivity (Wildman–Crippen MR) is 108 cm³/mol. The fourth-order valence-electron chi connectivity index (χ4n) is 3.76. The Morgan fingerprint density at radius 3 is 2.42 bits per heavy atom. The van der Waals surface area contributed by atoms with Crippen LogP contribution in [0.2, 0.25) is 0 Å². The van der Waals surface area contributed by atoms with Crippen LogP contribution in [0.15, 0.2) is 48.5 Å². The summed E-state index contributed by atoms with van der Waals surface area (Å²) in [7, 11) is 0. The molecule has 2 N–H and O–H groups in total. The van der Waals surface area contributed by atoms with Gasteiger partial charge in [0.15, 0.2) is 0 Å². The average molecular weight is 431 g/mol. The molecule has 0 unspecified atom stereocenters. The fourth-order valence-corrected chi connectivity index (χ4v) is 3.76.